The summed E-state index contributed by atoms with van der Waals surface area (Å²) in [6.07, 6.45) is 3.04. The van der Waals surface area contributed by atoms with Crippen LogP contribution < -0.4 is 15.6 Å². The highest BCUT2D eigenvalue weighted by Crippen LogP contribution is 2.47. The highest BCUT2D eigenvalue weighted by molar-refractivity contribution is 7.88. The molecule has 5 rings (SSSR count). The second-order valence-corrected chi connectivity index (χ2v) is 9.55. The summed E-state index contributed by atoms with van der Waals surface area (Å²) in [5, 5.41) is 12.9. The van der Waals surface area contributed by atoms with Crippen molar-refractivity contribution in [3.8, 4) is 5.75 Å². The van der Waals surface area contributed by atoms with E-state index >= 15 is 0 Å². The Morgan fingerprint density at radius 1 is 1.30 bits per heavy atom. The summed E-state index contributed by atoms with van der Waals surface area (Å²) in [4.78, 5) is 29.7. The number of nitrogens with one attached hydrogen (secondary N) is 2. The molecule has 3 N–H and O–H groups in total. The van der Waals surface area contributed by atoms with Gasteiger partial charge in [-0.3, -0.25) is 14.2 Å². The average Bonchev–Trinajstić information content (AvgIpc) is 2.69. The van der Waals surface area contributed by atoms with Gasteiger partial charge in [0.05, 0.1) is 11.8 Å². The van der Waals surface area contributed by atoms with Crippen molar-refractivity contribution >= 4 is 15.9 Å². The van der Waals surface area contributed by atoms with E-state index in [1.54, 1.807) is 0 Å². The monoisotopic (exact) mass is 436 g/mol. The Morgan fingerprint density at radius 3 is 2.53 bits per heavy atom. The quantitative estimate of drug-likeness (QED) is 0.638. The number of nitrogens with zero attached hydrogens (tertiary/aromatic N) is 2. The highest BCUT2D eigenvalue weighted by atomic mass is 32.2. The van der Waals surface area contributed by atoms with Crippen molar-refractivity contribution < 1.29 is 22.7 Å². The molecule has 9 nitrogen and oxygen atoms in total. The number of rotatable bonds is 5. The van der Waals surface area contributed by atoms with Gasteiger partial charge in [-0.05, 0) is 43.4 Å². The minimum atomic E-state index is -3.62. The van der Waals surface area contributed by atoms with Gasteiger partial charge in [0.2, 0.25) is 15.8 Å². The lowest BCUT2D eigenvalue weighted by molar-refractivity contribution is 0.0934. The van der Waals surface area contributed by atoms with Crippen molar-refractivity contribution in [2.45, 2.75) is 43.8 Å². The molecule has 2 aliphatic heterocycles. The van der Waals surface area contributed by atoms with E-state index in [-0.39, 0.29) is 18.4 Å². The molecule has 0 unspecified atom stereocenters. The van der Waals surface area contributed by atoms with Crippen LogP contribution in [0.15, 0.2) is 29.1 Å². The summed E-state index contributed by atoms with van der Waals surface area (Å²) in [5.41, 5.74) is -1.71. The zero-order valence-electron chi connectivity index (χ0n) is 16.2. The maximum Gasteiger partial charge on any atom is 0.296 e. The van der Waals surface area contributed by atoms with Crippen LogP contribution in [-0.2, 0) is 22.1 Å². The second kappa shape index (κ2) is 7.17. The molecule has 1 aromatic carbocycles. The van der Waals surface area contributed by atoms with Crippen LogP contribution in [0.3, 0.4) is 0 Å². The van der Waals surface area contributed by atoms with Crippen molar-refractivity contribution in [3.05, 3.63) is 57.5 Å². The summed E-state index contributed by atoms with van der Waals surface area (Å²) in [6, 6.07) is 5.29. The Bertz CT molecular complexity index is 1170. The third-order valence-corrected chi connectivity index (χ3v) is 6.42. The number of carbonyl (C=O) groups is 1. The van der Waals surface area contributed by atoms with Crippen LogP contribution in [0.4, 0.5) is 4.39 Å². The first-order valence-corrected chi connectivity index (χ1v) is 11.4. The predicted octanol–water partition coefficient (Wildman–Crippen LogP) is 0.891. The van der Waals surface area contributed by atoms with Gasteiger partial charge in [-0.1, -0.05) is 12.1 Å². The largest absolute Gasteiger partial charge is 0.501 e. The van der Waals surface area contributed by atoms with Gasteiger partial charge in [0.15, 0.2) is 5.69 Å². The van der Waals surface area contributed by atoms with Gasteiger partial charge in [0.1, 0.15) is 11.6 Å². The van der Waals surface area contributed by atoms with Gasteiger partial charge in [-0.2, -0.15) is 0 Å². The van der Waals surface area contributed by atoms with Crippen LogP contribution in [0.1, 0.15) is 53.6 Å². The van der Waals surface area contributed by atoms with E-state index in [1.165, 1.54) is 28.8 Å². The first-order valence-electron chi connectivity index (χ1n) is 9.47. The van der Waals surface area contributed by atoms with Crippen LogP contribution in [0.25, 0.3) is 0 Å². The molecule has 0 atom stereocenters. The third kappa shape index (κ3) is 3.58. The van der Waals surface area contributed by atoms with E-state index in [1.807, 2.05) is 0 Å². The van der Waals surface area contributed by atoms with Gasteiger partial charge in [-0.15, -0.1) is 0 Å². The normalized spacial score (nSPS) is 22.5. The third-order valence-electron chi connectivity index (χ3n) is 5.66. The number of hydrogen-bond acceptors (Lipinski definition) is 6. The first-order chi connectivity index (χ1) is 14.1. The lowest BCUT2D eigenvalue weighted by atomic mass is 9.75. The van der Waals surface area contributed by atoms with E-state index in [2.05, 4.69) is 15.0 Å². The zero-order chi connectivity index (χ0) is 21.7. The molecule has 3 aliphatic rings. The van der Waals surface area contributed by atoms with Crippen LogP contribution in [-0.4, -0.2) is 35.2 Å². The van der Waals surface area contributed by atoms with Crippen molar-refractivity contribution in [2.75, 3.05) is 6.26 Å². The lowest BCUT2D eigenvalue weighted by Crippen LogP contribution is -2.56. The topological polar surface area (TPSA) is 130 Å². The molecule has 0 radical (unpaired) electrons. The van der Waals surface area contributed by atoms with E-state index in [9.17, 15) is 27.5 Å². The molecule has 0 spiro atoms. The highest BCUT2D eigenvalue weighted by Gasteiger charge is 2.49. The van der Waals surface area contributed by atoms with Gasteiger partial charge >= 0.3 is 0 Å². The minimum absolute atomic E-state index is 0.0357. The summed E-state index contributed by atoms with van der Waals surface area (Å²) >= 11 is 0. The van der Waals surface area contributed by atoms with Crippen LogP contribution >= 0.6 is 0 Å². The molecule has 0 saturated heterocycles. The summed E-state index contributed by atoms with van der Waals surface area (Å²) in [5.74, 6) is -1.83. The Balaban J connectivity index is 1.71. The molecule has 2 bridgehead atoms. The molecule has 2 aromatic rings. The maximum atomic E-state index is 13.0. The number of sulfonamides is 1. The fraction of sp³-hybridized carbons (Fsp3) is 0.421. The Morgan fingerprint density at radius 2 is 1.93 bits per heavy atom. The van der Waals surface area contributed by atoms with Crippen molar-refractivity contribution in [1.29, 1.82) is 0 Å². The number of benzene rings is 1. The van der Waals surface area contributed by atoms with E-state index in [0.29, 0.717) is 31.2 Å². The molecule has 30 heavy (non-hydrogen) atoms. The van der Waals surface area contributed by atoms with Gasteiger partial charge < -0.3 is 10.4 Å². The summed E-state index contributed by atoms with van der Waals surface area (Å²) in [7, 11) is -3.62. The van der Waals surface area contributed by atoms with E-state index in [4.69, 9.17) is 0 Å². The Labute approximate surface area is 172 Å². The molecule has 160 valence electrons. The minimum Gasteiger partial charge on any atom is -0.501 e. The number of aromatic nitrogens is 2. The molecule has 3 heterocycles. The summed E-state index contributed by atoms with van der Waals surface area (Å²) in [6.45, 7) is 0.0357. The Kier molecular flexibility index (Phi) is 4.89. The van der Waals surface area contributed by atoms with Crippen LogP contribution in [0, 0.1) is 5.82 Å². The number of halogens is 1. The van der Waals surface area contributed by atoms with Crippen LogP contribution in [0.2, 0.25) is 0 Å². The maximum absolute atomic E-state index is 13.0. The van der Waals surface area contributed by atoms with Gasteiger partial charge in [0.25, 0.3) is 11.5 Å². The van der Waals surface area contributed by atoms with Gasteiger partial charge in [-0.25, -0.2) is 22.5 Å². The predicted molar refractivity (Wildman–Crippen MR) is 105 cm³/mol. The number of carbonyl (C=O) groups excluding carboxylic acids is 1. The zero-order valence-corrected chi connectivity index (χ0v) is 17.0. The molecule has 1 saturated carbocycles. The fourth-order valence-electron chi connectivity index (χ4n) is 4.31. The molecule has 1 fully saturated rings. The molecule has 11 heteroatoms. The SMILES string of the molecule is CS(=O)(=O)NC12CCC(CC1)n1c2nc(C(=O)NCc2ccc(F)cc2)c(O)c1=O. The van der Waals surface area contributed by atoms with Crippen LogP contribution in [0.5, 0.6) is 5.75 Å². The molecular formula is C19H21FN4O5S. The first kappa shape index (κ1) is 20.5. The number of hydrogen-bond donors (Lipinski definition) is 3. The lowest BCUT2D eigenvalue weighted by Gasteiger charge is -2.47. The van der Waals surface area contributed by atoms with Crippen molar-refractivity contribution in [3.63, 3.8) is 0 Å². The number of amides is 1. The molecule has 1 aliphatic carbocycles. The van der Waals surface area contributed by atoms with Crippen molar-refractivity contribution in [1.82, 2.24) is 19.6 Å². The fourth-order valence-corrected chi connectivity index (χ4v) is 5.31. The number of fused-ring (bicyclic) bond motifs is 2. The Hall–Kier alpha value is -2.79. The second-order valence-electron chi connectivity index (χ2n) is 7.80. The smallest absolute Gasteiger partial charge is 0.296 e. The molecule has 1 aromatic heterocycles. The van der Waals surface area contributed by atoms with Gasteiger partial charge in [0, 0.05) is 12.6 Å². The van der Waals surface area contributed by atoms with E-state index < -0.39 is 44.3 Å². The molecule has 1 amide bonds. The average molecular weight is 436 g/mol. The van der Waals surface area contributed by atoms with E-state index in [0.717, 1.165) is 6.26 Å². The standard InChI is InChI=1S/C19H21FN4O5S/c1-30(28,29)23-19-8-6-13(7-9-19)24-17(27)15(25)14(22-18(19)24)16(26)21-10-11-2-4-12(20)5-3-11/h2-5,13,23,25H,6-10H2,1H3,(H,21,26). The van der Waals surface area contributed by atoms with Crippen molar-refractivity contribution in [2.24, 2.45) is 0 Å². The molecular weight excluding hydrogens is 415 g/mol. The number of aromatic hydroxyl groups is 1. The summed E-state index contributed by atoms with van der Waals surface area (Å²) < 4.78 is 40.8.